The Labute approximate surface area is 371 Å². The lowest BCUT2D eigenvalue weighted by molar-refractivity contribution is -0.162. The first-order valence-corrected chi connectivity index (χ1v) is 21.9. The monoisotopic (exact) mass is 914 g/mol. The summed E-state index contributed by atoms with van der Waals surface area (Å²) >= 11 is 2.55. The number of thioether (sulfide) groups is 2. The van der Waals surface area contributed by atoms with Gasteiger partial charge in [-0.15, -0.1) is 23.5 Å². The van der Waals surface area contributed by atoms with Crippen molar-refractivity contribution in [2.75, 3.05) is 52.9 Å². The molecule has 4 fully saturated rings. The highest BCUT2D eigenvalue weighted by atomic mass is 32.2. The summed E-state index contributed by atoms with van der Waals surface area (Å²) in [5.74, 6) is -9.29. The Morgan fingerprint density at radius 2 is 0.889 bits per heavy atom. The van der Waals surface area contributed by atoms with E-state index in [1.165, 1.54) is 33.3 Å². The topological polar surface area (TPSA) is 254 Å². The molecule has 340 valence electrons. The van der Waals surface area contributed by atoms with Crippen LogP contribution in [0.25, 0.3) is 0 Å². The summed E-state index contributed by atoms with van der Waals surface area (Å²) < 4.78 is 25.6. The lowest BCUT2D eigenvalue weighted by Gasteiger charge is -2.43. The third-order valence-electron chi connectivity index (χ3n) is 10.9. The molecule has 0 saturated carbocycles. The number of fused-ring (bicyclic) bond motifs is 2. The van der Waals surface area contributed by atoms with E-state index in [1.54, 1.807) is 88.4 Å². The van der Waals surface area contributed by atoms with E-state index in [-0.39, 0.29) is 52.9 Å². The fourth-order valence-electron chi connectivity index (χ4n) is 7.95. The number of aliphatic carboxylic acids is 2. The number of carboxylic acid groups (broad SMARTS) is 2. The highest BCUT2D eigenvalue weighted by molar-refractivity contribution is 8.02. The average molecular weight is 915 g/mol. The van der Waals surface area contributed by atoms with Crippen molar-refractivity contribution in [1.29, 1.82) is 0 Å². The Bertz CT molecular complexity index is 1910. The van der Waals surface area contributed by atoms with Crippen LogP contribution in [0.5, 0.6) is 0 Å². The Morgan fingerprint density at radius 1 is 0.571 bits per heavy atom. The first-order chi connectivity index (χ1) is 30.0. The lowest BCUT2D eigenvalue weighted by atomic mass is 9.94. The number of hydrogen-bond donors (Lipinski definition) is 4. The zero-order chi connectivity index (χ0) is 45.6. The molecule has 4 N–H and O–H groups in total. The summed E-state index contributed by atoms with van der Waals surface area (Å²) in [5, 5.41) is 23.5. The third-order valence-corrected chi connectivity index (χ3v) is 14.0. The Kier molecular flexibility index (Phi) is 15.1. The van der Waals surface area contributed by atoms with Crippen molar-refractivity contribution in [2.45, 2.75) is 83.9 Å². The summed E-state index contributed by atoms with van der Waals surface area (Å²) in [6.07, 6.45) is 0. The summed E-state index contributed by atoms with van der Waals surface area (Å²) in [6, 6.07) is 12.4. The van der Waals surface area contributed by atoms with E-state index in [9.17, 15) is 48.6 Å². The fraction of sp³-hybridized carbons (Fsp3) is 0.524. The number of benzene rings is 2. The van der Waals surface area contributed by atoms with Gasteiger partial charge in [-0.2, -0.15) is 0 Å². The Morgan fingerprint density at radius 3 is 1.21 bits per heavy atom. The Hall–Kier alpha value is -5.22. The van der Waals surface area contributed by atoms with E-state index in [0.717, 1.165) is 0 Å². The quantitative estimate of drug-likeness (QED) is 0.0555. The van der Waals surface area contributed by atoms with Gasteiger partial charge in [0.1, 0.15) is 48.1 Å². The van der Waals surface area contributed by atoms with Gasteiger partial charge in [-0.3, -0.25) is 28.8 Å². The van der Waals surface area contributed by atoms with Gasteiger partial charge in [0.2, 0.25) is 23.6 Å². The number of nitrogens with zero attached hydrogens (tertiary/aromatic N) is 2. The molecular formula is C42H50N4O15S2. The minimum atomic E-state index is -1.38. The summed E-state index contributed by atoms with van der Waals surface area (Å²) in [4.78, 5) is 105. The first kappa shape index (κ1) is 47.3. The molecule has 2 aromatic rings. The minimum Gasteiger partial charge on any atom is -0.480 e. The maximum absolute atomic E-state index is 13.4. The van der Waals surface area contributed by atoms with Gasteiger partial charge >= 0.3 is 23.9 Å². The van der Waals surface area contributed by atoms with Crippen LogP contribution in [0.3, 0.4) is 0 Å². The second-order valence-corrected chi connectivity index (χ2v) is 19.6. The highest BCUT2D eigenvalue weighted by Gasteiger charge is 2.65. The van der Waals surface area contributed by atoms with Crippen molar-refractivity contribution in [3.8, 4) is 0 Å². The summed E-state index contributed by atoms with van der Waals surface area (Å²) in [5.41, 5.74) is 0.707. The molecule has 4 amide bonds. The zero-order valence-electron chi connectivity index (χ0n) is 35.0. The van der Waals surface area contributed by atoms with Crippen LogP contribution < -0.4 is 10.6 Å². The molecule has 4 heterocycles. The van der Waals surface area contributed by atoms with E-state index in [4.69, 9.17) is 23.7 Å². The first-order valence-electron chi connectivity index (χ1n) is 20.2. The number of esters is 2. The van der Waals surface area contributed by atoms with Gasteiger partial charge in [-0.1, -0.05) is 60.7 Å². The summed E-state index contributed by atoms with van der Waals surface area (Å²) in [6.45, 7) is 7.20. The van der Waals surface area contributed by atoms with Crippen molar-refractivity contribution < 1.29 is 72.3 Å². The summed E-state index contributed by atoms with van der Waals surface area (Å²) in [7, 11) is 0. The van der Waals surface area contributed by atoms with Crippen molar-refractivity contribution in [3.63, 3.8) is 0 Å². The molecule has 21 heteroatoms. The van der Waals surface area contributed by atoms with Crippen LogP contribution in [-0.2, 0) is 62.0 Å². The average Bonchev–Trinajstić information content (AvgIpc) is 3.65. The van der Waals surface area contributed by atoms with E-state index in [2.05, 4.69) is 10.6 Å². The number of β-lactam (4-membered cyclic amide) rings is 2. The SMILES string of the molecule is CC1(C)S[C@@H]2[C@H](NC(=O)C(C(=O)OCCOCCOCCOCCOC(=O)C(C(=O)N[C@@H]3C(=O)N4[C@@H]3SC(C)(C)[C@@H]4C(=O)O)c3ccccc3)c3ccccc3)C(=O)N2[C@H]1C(=O)O. The van der Waals surface area contributed by atoms with Crippen molar-refractivity contribution in [3.05, 3.63) is 71.8 Å². The van der Waals surface area contributed by atoms with Gasteiger partial charge in [0.05, 0.1) is 39.6 Å². The van der Waals surface area contributed by atoms with Crippen LogP contribution >= 0.6 is 23.5 Å². The number of hydrogen-bond acceptors (Lipinski definition) is 15. The number of ether oxygens (including phenoxy) is 5. The predicted molar refractivity (Wildman–Crippen MR) is 224 cm³/mol. The van der Waals surface area contributed by atoms with Crippen LogP contribution in [-0.4, -0.2) is 165 Å². The number of carbonyl (C=O) groups excluding carboxylic acids is 6. The van der Waals surface area contributed by atoms with Crippen LogP contribution in [0.15, 0.2) is 60.7 Å². The smallest absolute Gasteiger partial charge is 0.327 e. The molecule has 2 unspecified atom stereocenters. The molecular weight excluding hydrogens is 865 g/mol. The molecule has 0 aliphatic carbocycles. The maximum Gasteiger partial charge on any atom is 0.327 e. The number of rotatable bonds is 22. The predicted octanol–water partition coefficient (Wildman–Crippen LogP) is 0.954. The second kappa shape index (κ2) is 20.1. The molecule has 63 heavy (non-hydrogen) atoms. The molecule has 4 aliphatic heterocycles. The van der Waals surface area contributed by atoms with Crippen LogP contribution in [0.1, 0.15) is 50.7 Å². The van der Waals surface area contributed by atoms with Crippen LogP contribution in [0, 0.1) is 0 Å². The van der Waals surface area contributed by atoms with Gasteiger partial charge in [0, 0.05) is 9.49 Å². The second-order valence-electron chi connectivity index (χ2n) is 16.0. The van der Waals surface area contributed by atoms with E-state index >= 15 is 0 Å². The van der Waals surface area contributed by atoms with Gasteiger partial charge < -0.3 is 54.3 Å². The van der Waals surface area contributed by atoms with Gasteiger partial charge in [0.25, 0.3) is 0 Å². The Balaban J connectivity index is 0.854. The molecule has 0 bridgehead atoms. The van der Waals surface area contributed by atoms with Crippen LogP contribution in [0.2, 0.25) is 0 Å². The molecule has 4 aliphatic rings. The molecule has 0 spiro atoms. The lowest BCUT2D eigenvalue weighted by Crippen LogP contribution is -2.71. The molecule has 6 rings (SSSR count). The van der Waals surface area contributed by atoms with Crippen molar-refractivity contribution in [1.82, 2.24) is 20.4 Å². The number of nitrogens with one attached hydrogen (secondary N) is 2. The zero-order valence-corrected chi connectivity index (χ0v) is 36.6. The minimum absolute atomic E-state index is 0.000851. The molecule has 4 saturated heterocycles. The molecule has 2 aromatic carbocycles. The molecule has 0 aromatic heterocycles. The van der Waals surface area contributed by atoms with Crippen LogP contribution in [0.4, 0.5) is 0 Å². The van der Waals surface area contributed by atoms with E-state index in [0.29, 0.717) is 11.1 Å². The molecule has 0 radical (unpaired) electrons. The molecule has 8 atom stereocenters. The van der Waals surface area contributed by atoms with E-state index in [1.807, 2.05) is 0 Å². The van der Waals surface area contributed by atoms with Gasteiger partial charge in [-0.25, -0.2) is 9.59 Å². The number of carbonyl (C=O) groups is 8. The molecule has 19 nitrogen and oxygen atoms in total. The van der Waals surface area contributed by atoms with Gasteiger partial charge in [-0.05, 0) is 38.8 Å². The number of amides is 4. The largest absolute Gasteiger partial charge is 0.480 e. The normalized spacial score (nSPS) is 24.8. The van der Waals surface area contributed by atoms with Crippen molar-refractivity contribution >= 4 is 71.0 Å². The van der Waals surface area contributed by atoms with E-state index < -0.39 is 104 Å². The van der Waals surface area contributed by atoms with Crippen molar-refractivity contribution in [2.24, 2.45) is 0 Å². The standard InChI is InChI=1S/C42H50N4O15S2/c1-41(2)29(37(51)52)45-33(49)27(35(45)62-41)43-31(47)25(23-11-7-5-8-12-23)39(55)60-21-19-58-17-15-57-16-18-59-20-22-61-40(56)26(24-13-9-6-10-14-24)32(48)44-28-34(50)46-30(38(53)54)42(3,4)63-36(28)46/h5-14,25-30,35-36H,15-22H2,1-4H3,(H,43,47)(H,44,48)(H,51,52)(H,53,54)/t25?,26?,27-,28-,29+,30+,35-,36-/m1/s1. The maximum atomic E-state index is 13.4. The van der Waals surface area contributed by atoms with Gasteiger partial charge in [0.15, 0.2) is 11.8 Å². The fourth-order valence-corrected chi connectivity index (χ4v) is 11.2. The highest BCUT2D eigenvalue weighted by Crippen LogP contribution is 2.52. The number of carboxylic acids is 2. The third kappa shape index (κ3) is 10.3.